The maximum atomic E-state index is 13.1. The molecule has 42 heavy (non-hydrogen) atoms. The lowest BCUT2D eigenvalue weighted by atomic mass is 10.0. The van der Waals surface area contributed by atoms with E-state index in [0.29, 0.717) is 58.7 Å². The Balaban J connectivity index is 1.20. The Morgan fingerprint density at radius 3 is 2.29 bits per heavy atom. The number of hydrogen-bond acceptors (Lipinski definition) is 8. The number of primary amides is 1. The van der Waals surface area contributed by atoms with Crippen LogP contribution in [0.4, 0.5) is 0 Å². The molecule has 0 aromatic heterocycles. The maximum absolute atomic E-state index is 13.1. The van der Waals surface area contributed by atoms with Crippen LogP contribution in [0.15, 0.2) is 29.2 Å². The molecular formula is C28H39N5O8S. The zero-order valence-corrected chi connectivity index (χ0v) is 24.5. The predicted molar refractivity (Wildman–Crippen MR) is 150 cm³/mol. The highest BCUT2D eigenvalue weighted by molar-refractivity contribution is 7.89. The van der Waals surface area contributed by atoms with Crippen molar-refractivity contribution in [2.45, 2.75) is 62.3 Å². The SMILES string of the molecule is NC(=O)C(=O)CCCOCCCNC(=O)[C@@H]1CC2(CC2)CN1C(=O)CNC(=O)c1ccc(S(=O)(=O)N2CCCC2)cc1. The molecule has 0 radical (unpaired) electrons. The van der Waals surface area contributed by atoms with E-state index in [4.69, 9.17) is 10.5 Å². The lowest BCUT2D eigenvalue weighted by Gasteiger charge is -2.24. The third kappa shape index (κ3) is 7.92. The van der Waals surface area contributed by atoms with Gasteiger partial charge in [-0.2, -0.15) is 4.31 Å². The first-order valence-corrected chi connectivity index (χ1v) is 15.8. The van der Waals surface area contributed by atoms with Crippen molar-refractivity contribution in [3.05, 3.63) is 29.8 Å². The molecule has 1 aromatic carbocycles. The van der Waals surface area contributed by atoms with Gasteiger partial charge in [-0.1, -0.05) is 0 Å². The second kappa shape index (κ2) is 13.7. The summed E-state index contributed by atoms with van der Waals surface area (Å²) in [6, 6.07) is 5.04. The molecule has 4 amide bonds. The molecule has 230 valence electrons. The molecule has 1 atom stereocenters. The molecule has 1 spiro atoms. The zero-order valence-electron chi connectivity index (χ0n) is 23.6. The van der Waals surface area contributed by atoms with Crippen molar-refractivity contribution in [1.82, 2.24) is 19.8 Å². The van der Waals surface area contributed by atoms with Crippen LogP contribution >= 0.6 is 0 Å². The van der Waals surface area contributed by atoms with Crippen molar-refractivity contribution in [2.24, 2.45) is 11.1 Å². The molecule has 0 unspecified atom stereocenters. The van der Waals surface area contributed by atoms with Crippen molar-refractivity contribution < 1.29 is 37.1 Å². The summed E-state index contributed by atoms with van der Waals surface area (Å²) in [6.45, 7) is 2.18. The standard InChI is InChI=1S/C28H39N5O8S/c29-25(36)23(34)5-3-15-41-16-4-12-30-27(38)22-17-28(10-11-28)19-33(22)24(35)18-31-26(37)20-6-8-21(9-7-20)42(39,40)32-13-1-2-14-32/h6-9,22H,1-5,10-19H2,(H2,29,36)(H,30,38)(H,31,37)/t22-/m0/s1. The van der Waals surface area contributed by atoms with Crippen LogP contribution in [0.25, 0.3) is 0 Å². The van der Waals surface area contributed by atoms with Gasteiger partial charge in [-0.3, -0.25) is 24.0 Å². The van der Waals surface area contributed by atoms with E-state index in [0.717, 1.165) is 25.7 Å². The summed E-state index contributed by atoms with van der Waals surface area (Å²) >= 11 is 0. The number of ether oxygens (including phenoxy) is 1. The van der Waals surface area contributed by atoms with E-state index in [9.17, 15) is 32.4 Å². The number of nitrogens with zero attached hydrogens (tertiary/aromatic N) is 2. The molecule has 1 aliphatic carbocycles. The Morgan fingerprint density at radius 2 is 1.64 bits per heavy atom. The van der Waals surface area contributed by atoms with Gasteiger partial charge in [0.2, 0.25) is 27.6 Å². The van der Waals surface area contributed by atoms with Crippen LogP contribution in [-0.2, 0) is 33.9 Å². The minimum absolute atomic E-state index is 0.0370. The van der Waals surface area contributed by atoms with Gasteiger partial charge < -0.3 is 26.0 Å². The molecule has 2 heterocycles. The highest BCUT2D eigenvalue weighted by atomic mass is 32.2. The summed E-state index contributed by atoms with van der Waals surface area (Å²) < 4.78 is 32.3. The molecule has 0 bridgehead atoms. The van der Waals surface area contributed by atoms with Gasteiger partial charge >= 0.3 is 0 Å². The molecule has 1 saturated carbocycles. The summed E-state index contributed by atoms with van der Waals surface area (Å²) in [6.07, 6.45) is 5.10. The maximum Gasteiger partial charge on any atom is 0.284 e. The molecular weight excluding hydrogens is 566 g/mol. The number of Topliss-reactive ketones (excluding diaryl/α,β-unsaturated/α-hetero) is 1. The number of benzene rings is 1. The number of sulfonamides is 1. The fourth-order valence-corrected chi connectivity index (χ4v) is 6.89. The summed E-state index contributed by atoms with van der Waals surface area (Å²) in [4.78, 5) is 62.3. The number of ketones is 1. The summed E-state index contributed by atoms with van der Waals surface area (Å²) in [5.74, 6) is -2.69. The van der Waals surface area contributed by atoms with Gasteiger partial charge in [-0.05, 0) is 74.6 Å². The fraction of sp³-hybridized carbons (Fsp3) is 0.607. The van der Waals surface area contributed by atoms with Crippen molar-refractivity contribution in [3.63, 3.8) is 0 Å². The quantitative estimate of drug-likeness (QED) is 0.183. The average Bonchev–Trinajstić information content (AvgIpc) is 3.34. The minimum atomic E-state index is -3.59. The number of carbonyl (C=O) groups excluding carboxylic acids is 5. The van der Waals surface area contributed by atoms with Crippen LogP contribution in [0.1, 0.15) is 61.7 Å². The van der Waals surface area contributed by atoms with Crippen molar-refractivity contribution in [1.29, 1.82) is 0 Å². The van der Waals surface area contributed by atoms with Crippen LogP contribution in [0.2, 0.25) is 0 Å². The Labute approximate surface area is 245 Å². The lowest BCUT2D eigenvalue weighted by Crippen LogP contribution is -2.49. The molecule has 1 aromatic rings. The largest absolute Gasteiger partial charge is 0.381 e. The van der Waals surface area contributed by atoms with Crippen LogP contribution in [0.5, 0.6) is 0 Å². The first-order valence-electron chi connectivity index (χ1n) is 14.4. The van der Waals surface area contributed by atoms with E-state index in [2.05, 4.69) is 10.6 Å². The fourth-order valence-electron chi connectivity index (χ4n) is 5.37. The number of nitrogens with two attached hydrogens (primary N) is 1. The highest BCUT2D eigenvalue weighted by Gasteiger charge is 2.55. The van der Waals surface area contributed by atoms with Crippen LogP contribution in [0.3, 0.4) is 0 Å². The third-order valence-corrected chi connectivity index (χ3v) is 9.95. The number of likely N-dealkylation sites (tertiary alicyclic amines) is 1. The Morgan fingerprint density at radius 1 is 0.976 bits per heavy atom. The van der Waals surface area contributed by atoms with Crippen molar-refractivity contribution >= 4 is 39.4 Å². The van der Waals surface area contributed by atoms with E-state index >= 15 is 0 Å². The molecule has 4 N–H and O–H groups in total. The van der Waals surface area contributed by atoms with Crippen molar-refractivity contribution in [3.8, 4) is 0 Å². The second-order valence-electron chi connectivity index (χ2n) is 11.2. The summed E-state index contributed by atoms with van der Waals surface area (Å²) in [5, 5.41) is 5.46. The summed E-state index contributed by atoms with van der Waals surface area (Å²) in [7, 11) is -3.59. The van der Waals surface area contributed by atoms with Crippen molar-refractivity contribution in [2.75, 3.05) is 45.9 Å². The summed E-state index contributed by atoms with van der Waals surface area (Å²) in [5.41, 5.74) is 5.10. The van der Waals surface area contributed by atoms with E-state index in [1.807, 2.05) is 0 Å². The zero-order chi connectivity index (χ0) is 30.3. The molecule has 14 heteroatoms. The minimum Gasteiger partial charge on any atom is -0.381 e. The first kappa shape index (κ1) is 31.6. The molecule has 3 aliphatic rings. The highest BCUT2D eigenvalue weighted by Crippen LogP contribution is 2.54. The molecule has 13 nitrogen and oxygen atoms in total. The molecule has 3 fully saturated rings. The Bertz CT molecular complexity index is 1290. The van der Waals surface area contributed by atoms with E-state index in [1.165, 1.54) is 28.6 Å². The Hall–Kier alpha value is -3.36. The van der Waals surface area contributed by atoms with Gasteiger partial charge in [-0.15, -0.1) is 0 Å². The van der Waals surface area contributed by atoms with E-state index in [1.54, 1.807) is 4.90 Å². The first-order chi connectivity index (χ1) is 20.0. The number of rotatable bonds is 15. The number of amides is 4. The molecule has 4 rings (SSSR count). The Kier molecular flexibility index (Phi) is 10.3. The third-order valence-electron chi connectivity index (χ3n) is 8.04. The lowest BCUT2D eigenvalue weighted by molar-refractivity contribution is -0.137. The topological polar surface area (TPSA) is 185 Å². The molecule has 2 aliphatic heterocycles. The van der Waals surface area contributed by atoms with Crippen LogP contribution in [-0.4, -0.2) is 99.0 Å². The number of nitrogens with one attached hydrogen (secondary N) is 2. The van der Waals surface area contributed by atoms with Gasteiger partial charge in [0, 0.05) is 51.4 Å². The average molecular weight is 606 g/mol. The van der Waals surface area contributed by atoms with E-state index in [-0.39, 0.29) is 40.7 Å². The van der Waals surface area contributed by atoms with Gasteiger partial charge in [0.25, 0.3) is 11.8 Å². The van der Waals surface area contributed by atoms with Crippen LogP contribution < -0.4 is 16.4 Å². The van der Waals surface area contributed by atoms with Gasteiger partial charge in [-0.25, -0.2) is 8.42 Å². The van der Waals surface area contributed by atoms with Gasteiger partial charge in [0.1, 0.15) is 6.04 Å². The number of carbonyl (C=O) groups is 5. The smallest absolute Gasteiger partial charge is 0.284 e. The van der Waals surface area contributed by atoms with E-state index < -0.39 is 33.7 Å². The predicted octanol–water partition coefficient (Wildman–Crippen LogP) is -0.0605. The monoisotopic (exact) mass is 605 g/mol. The normalized spacial score (nSPS) is 19.5. The van der Waals surface area contributed by atoms with Gasteiger partial charge in [0.15, 0.2) is 0 Å². The van der Waals surface area contributed by atoms with Crippen LogP contribution in [0, 0.1) is 5.41 Å². The number of hydrogen-bond donors (Lipinski definition) is 3. The second-order valence-corrected chi connectivity index (χ2v) is 13.1. The molecule has 2 saturated heterocycles. The van der Waals surface area contributed by atoms with Gasteiger partial charge in [0.05, 0.1) is 11.4 Å².